The van der Waals surface area contributed by atoms with Gasteiger partial charge in [0.05, 0.1) is 6.04 Å². The van der Waals surface area contributed by atoms with Crippen molar-refractivity contribution in [2.24, 2.45) is 7.05 Å². The SMILES string of the molecule is Cn1cc(Br)cc1C(=O)NC1CC(C)(C)Oc2ccc(N)cc21. The Morgan fingerprint density at radius 2 is 2.17 bits per heavy atom. The monoisotopic (exact) mass is 377 g/mol. The Labute approximate surface area is 143 Å². The molecule has 1 unspecified atom stereocenters. The number of amides is 1. The quantitative estimate of drug-likeness (QED) is 0.787. The van der Waals surface area contributed by atoms with Gasteiger partial charge in [-0.3, -0.25) is 4.79 Å². The van der Waals surface area contributed by atoms with Crippen LogP contribution in [0.25, 0.3) is 0 Å². The fourth-order valence-corrected chi connectivity index (χ4v) is 3.51. The maximum atomic E-state index is 12.6. The Kier molecular flexibility index (Phi) is 3.88. The number of fused-ring (bicyclic) bond motifs is 1. The molecule has 0 aliphatic carbocycles. The van der Waals surface area contributed by atoms with Gasteiger partial charge in [0.2, 0.25) is 0 Å². The number of hydrogen-bond donors (Lipinski definition) is 2. The van der Waals surface area contributed by atoms with E-state index in [0.717, 1.165) is 15.8 Å². The van der Waals surface area contributed by atoms with Gasteiger partial charge in [0.1, 0.15) is 17.0 Å². The summed E-state index contributed by atoms with van der Waals surface area (Å²) in [6, 6.07) is 7.21. The number of carbonyl (C=O) groups excluding carboxylic acids is 1. The van der Waals surface area contributed by atoms with Crippen molar-refractivity contribution < 1.29 is 9.53 Å². The normalized spacial score (nSPS) is 18.9. The number of nitrogens with zero attached hydrogens (tertiary/aromatic N) is 1. The summed E-state index contributed by atoms with van der Waals surface area (Å²) in [5, 5.41) is 3.11. The molecular weight excluding hydrogens is 358 g/mol. The molecule has 1 atom stereocenters. The van der Waals surface area contributed by atoms with Crippen molar-refractivity contribution in [3.8, 4) is 5.75 Å². The maximum Gasteiger partial charge on any atom is 0.268 e. The van der Waals surface area contributed by atoms with Gasteiger partial charge in [-0.15, -0.1) is 0 Å². The second-order valence-electron chi connectivity index (χ2n) is 6.54. The summed E-state index contributed by atoms with van der Waals surface area (Å²) in [6.07, 6.45) is 2.54. The van der Waals surface area contributed by atoms with Crippen LogP contribution in [0.15, 0.2) is 34.9 Å². The third-order valence-corrected chi connectivity index (χ3v) is 4.43. The number of rotatable bonds is 2. The summed E-state index contributed by atoms with van der Waals surface area (Å²) in [7, 11) is 1.85. The first-order valence-corrected chi connectivity index (χ1v) is 8.26. The fraction of sp³-hybridized carbons (Fsp3) is 0.353. The lowest BCUT2D eigenvalue weighted by Gasteiger charge is -2.38. The number of nitrogens with one attached hydrogen (secondary N) is 1. The third-order valence-electron chi connectivity index (χ3n) is 4.00. The number of nitrogens with two attached hydrogens (primary N) is 1. The first kappa shape index (κ1) is 15.9. The maximum absolute atomic E-state index is 12.6. The molecule has 1 amide bonds. The molecule has 3 N–H and O–H groups in total. The van der Waals surface area contributed by atoms with E-state index >= 15 is 0 Å². The molecule has 122 valence electrons. The van der Waals surface area contributed by atoms with Crippen LogP contribution in [-0.4, -0.2) is 16.1 Å². The Bertz CT molecular complexity index is 767. The van der Waals surface area contributed by atoms with E-state index in [-0.39, 0.29) is 17.6 Å². The van der Waals surface area contributed by atoms with Crippen LogP contribution in [0.5, 0.6) is 5.75 Å². The summed E-state index contributed by atoms with van der Waals surface area (Å²) < 4.78 is 8.67. The highest BCUT2D eigenvalue weighted by atomic mass is 79.9. The first-order valence-electron chi connectivity index (χ1n) is 7.46. The first-order chi connectivity index (χ1) is 10.7. The molecule has 0 fully saturated rings. The molecule has 2 heterocycles. The van der Waals surface area contributed by atoms with Crippen LogP contribution in [0.3, 0.4) is 0 Å². The molecule has 3 rings (SSSR count). The predicted octanol–water partition coefficient (Wildman–Crippen LogP) is 3.40. The van der Waals surface area contributed by atoms with Crippen LogP contribution in [-0.2, 0) is 7.05 Å². The predicted molar refractivity (Wildman–Crippen MR) is 93.5 cm³/mol. The van der Waals surface area contributed by atoms with Gasteiger partial charge in [-0.2, -0.15) is 0 Å². The van der Waals surface area contributed by atoms with Crippen molar-refractivity contribution in [3.05, 3.63) is 46.2 Å². The Morgan fingerprint density at radius 1 is 1.43 bits per heavy atom. The Balaban J connectivity index is 1.92. The average Bonchev–Trinajstić information content (AvgIpc) is 2.78. The van der Waals surface area contributed by atoms with Crippen molar-refractivity contribution in [1.82, 2.24) is 9.88 Å². The number of hydrogen-bond acceptors (Lipinski definition) is 3. The molecule has 6 heteroatoms. The van der Waals surface area contributed by atoms with E-state index in [0.29, 0.717) is 17.8 Å². The van der Waals surface area contributed by atoms with E-state index in [1.54, 1.807) is 10.6 Å². The van der Waals surface area contributed by atoms with Gasteiger partial charge in [0, 0.05) is 35.4 Å². The van der Waals surface area contributed by atoms with Crippen molar-refractivity contribution >= 4 is 27.5 Å². The van der Waals surface area contributed by atoms with Crippen LogP contribution < -0.4 is 15.8 Å². The summed E-state index contributed by atoms with van der Waals surface area (Å²) in [6.45, 7) is 4.04. The smallest absolute Gasteiger partial charge is 0.268 e. The van der Waals surface area contributed by atoms with Gasteiger partial charge < -0.3 is 20.4 Å². The number of carbonyl (C=O) groups is 1. The van der Waals surface area contributed by atoms with E-state index in [4.69, 9.17) is 10.5 Å². The summed E-state index contributed by atoms with van der Waals surface area (Å²) >= 11 is 3.39. The highest BCUT2D eigenvalue weighted by molar-refractivity contribution is 9.10. The van der Waals surface area contributed by atoms with Crippen molar-refractivity contribution in [1.29, 1.82) is 0 Å². The summed E-state index contributed by atoms with van der Waals surface area (Å²) in [4.78, 5) is 12.6. The van der Waals surface area contributed by atoms with E-state index < -0.39 is 0 Å². The summed E-state index contributed by atoms with van der Waals surface area (Å²) in [5.41, 5.74) is 7.74. The van der Waals surface area contributed by atoms with Crippen LogP contribution >= 0.6 is 15.9 Å². The number of aryl methyl sites for hydroxylation is 1. The molecule has 2 aromatic rings. The number of anilines is 1. The van der Waals surface area contributed by atoms with Crippen LogP contribution in [0.1, 0.15) is 42.4 Å². The highest BCUT2D eigenvalue weighted by Crippen LogP contribution is 2.40. The van der Waals surface area contributed by atoms with Crippen molar-refractivity contribution in [3.63, 3.8) is 0 Å². The molecule has 1 aromatic heterocycles. The van der Waals surface area contributed by atoms with Gasteiger partial charge in [-0.1, -0.05) is 0 Å². The topological polar surface area (TPSA) is 69.3 Å². The zero-order chi connectivity index (χ0) is 16.8. The van der Waals surface area contributed by atoms with E-state index in [2.05, 4.69) is 21.2 Å². The Hall–Kier alpha value is -1.95. The molecule has 1 aliphatic heterocycles. The van der Waals surface area contributed by atoms with Crippen molar-refractivity contribution in [2.45, 2.75) is 31.9 Å². The number of nitrogen functional groups attached to an aromatic ring is 1. The minimum atomic E-state index is -0.351. The van der Waals surface area contributed by atoms with E-state index in [9.17, 15) is 4.79 Å². The van der Waals surface area contributed by atoms with Gasteiger partial charge in [-0.25, -0.2) is 0 Å². The highest BCUT2D eigenvalue weighted by Gasteiger charge is 2.35. The molecule has 5 nitrogen and oxygen atoms in total. The average molecular weight is 378 g/mol. The summed E-state index contributed by atoms with van der Waals surface area (Å²) in [5.74, 6) is 0.656. The number of aromatic nitrogens is 1. The lowest BCUT2D eigenvalue weighted by atomic mass is 9.89. The zero-order valence-corrected chi connectivity index (χ0v) is 15.0. The lowest BCUT2D eigenvalue weighted by Crippen LogP contribution is -2.41. The van der Waals surface area contributed by atoms with Crippen LogP contribution in [0.2, 0.25) is 0 Å². The number of ether oxygens (including phenoxy) is 1. The Morgan fingerprint density at radius 3 is 2.83 bits per heavy atom. The second-order valence-corrected chi connectivity index (χ2v) is 7.46. The van der Waals surface area contributed by atoms with Gasteiger partial charge in [0.15, 0.2) is 0 Å². The minimum Gasteiger partial charge on any atom is -0.487 e. The molecule has 0 saturated heterocycles. The second kappa shape index (κ2) is 5.60. The van der Waals surface area contributed by atoms with E-state index in [1.807, 2.05) is 45.3 Å². The minimum absolute atomic E-state index is 0.116. The van der Waals surface area contributed by atoms with Gasteiger partial charge >= 0.3 is 0 Å². The van der Waals surface area contributed by atoms with Gasteiger partial charge in [0.25, 0.3) is 5.91 Å². The van der Waals surface area contributed by atoms with Crippen LogP contribution in [0.4, 0.5) is 5.69 Å². The third kappa shape index (κ3) is 3.22. The molecule has 1 aliphatic rings. The number of halogens is 1. The fourth-order valence-electron chi connectivity index (χ4n) is 2.98. The van der Waals surface area contributed by atoms with Gasteiger partial charge in [-0.05, 0) is 54.0 Å². The van der Waals surface area contributed by atoms with E-state index in [1.165, 1.54) is 0 Å². The lowest BCUT2D eigenvalue weighted by molar-refractivity contribution is 0.0617. The molecule has 0 bridgehead atoms. The molecule has 0 radical (unpaired) electrons. The molecular formula is C17H20BrN3O2. The molecule has 23 heavy (non-hydrogen) atoms. The largest absolute Gasteiger partial charge is 0.487 e. The van der Waals surface area contributed by atoms with Crippen LogP contribution in [0, 0.1) is 0 Å². The molecule has 0 saturated carbocycles. The molecule has 1 aromatic carbocycles. The number of benzene rings is 1. The standard InChI is InChI=1S/C17H20BrN3O2/c1-17(2)8-13(12-7-11(19)4-5-15(12)23-17)20-16(22)14-6-10(18)9-21(14)3/h4-7,9,13H,8,19H2,1-3H3,(H,20,22). The van der Waals surface area contributed by atoms with Crippen molar-refractivity contribution in [2.75, 3.05) is 5.73 Å². The molecule has 0 spiro atoms. The zero-order valence-electron chi connectivity index (χ0n) is 13.4.